The quantitative estimate of drug-likeness (QED) is 0.882. The number of amides is 1. The predicted molar refractivity (Wildman–Crippen MR) is 73.2 cm³/mol. The average Bonchev–Trinajstić information content (AvgIpc) is 2.97. The van der Waals surface area contributed by atoms with Crippen molar-refractivity contribution in [3.05, 3.63) is 29.3 Å². The molecule has 0 aliphatic heterocycles. The van der Waals surface area contributed by atoms with E-state index in [2.05, 4.69) is 15.6 Å². The molecule has 21 heavy (non-hydrogen) atoms. The molecule has 0 aromatic carbocycles. The Bertz CT molecular complexity index is 747. The third-order valence-corrected chi connectivity index (χ3v) is 4.80. The van der Waals surface area contributed by atoms with E-state index in [4.69, 9.17) is 9.05 Å². The van der Waals surface area contributed by atoms with Gasteiger partial charge in [0.15, 0.2) is 15.7 Å². The highest BCUT2D eigenvalue weighted by Gasteiger charge is 2.29. The Morgan fingerprint density at radius 3 is 2.38 bits per heavy atom. The molecule has 0 radical (unpaired) electrons. The van der Waals surface area contributed by atoms with Crippen LogP contribution in [0, 0.1) is 13.8 Å². The number of aryl methyl sites for hydroxylation is 2. The van der Waals surface area contributed by atoms with Crippen LogP contribution in [0.1, 0.15) is 24.1 Å². The number of carbonyl (C=O) groups excluding carboxylic acids is 1. The largest absolute Gasteiger partial charge is 0.361 e. The topological polar surface area (TPSA) is 115 Å². The molecule has 1 N–H and O–H groups in total. The van der Waals surface area contributed by atoms with Gasteiger partial charge in [-0.2, -0.15) is 0 Å². The molecule has 2 rings (SSSR count). The third kappa shape index (κ3) is 3.69. The van der Waals surface area contributed by atoms with Crippen molar-refractivity contribution >= 4 is 21.6 Å². The summed E-state index contributed by atoms with van der Waals surface area (Å²) in [5, 5.41) is 8.34. The first-order valence-corrected chi connectivity index (χ1v) is 7.87. The van der Waals surface area contributed by atoms with Crippen molar-refractivity contribution in [2.24, 2.45) is 0 Å². The van der Waals surface area contributed by atoms with Gasteiger partial charge in [-0.05, 0) is 20.8 Å². The molecule has 2 aromatic rings. The lowest BCUT2D eigenvalue weighted by Gasteiger charge is -2.10. The molecular weight excluding hydrogens is 298 g/mol. The molecule has 2 aromatic heterocycles. The highest BCUT2D eigenvalue weighted by atomic mass is 32.2. The second-order valence-corrected chi connectivity index (χ2v) is 7.01. The maximum atomic E-state index is 12.2. The first kappa shape index (κ1) is 15.2. The molecule has 0 aliphatic carbocycles. The lowest BCUT2D eigenvalue weighted by atomic mass is 10.4. The number of rotatable bonds is 5. The number of hydrogen-bond acceptors (Lipinski definition) is 7. The Labute approximate surface area is 121 Å². The minimum atomic E-state index is -3.71. The van der Waals surface area contributed by atoms with Gasteiger partial charge in [-0.1, -0.05) is 10.3 Å². The van der Waals surface area contributed by atoms with Crippen LogP contribution >= 0.6 is 0 Å². The highest BCUT2D eigenvalue weighted by molar-refractivity contribution is 7.92. The number of nitrogens with one attached hydrogen (secondary N) is 1. The van der Waals surface area contributed by atoms with Gasteiger partial charge in [0.25, 0.3) is 0 Å². The summed E-state index contributed by atoms with van der Waals surface area (Å²) in [7, 11) is -3.71. The molecule has 9 heteroatoms. The van der Waals surface area contributed by atoms with Gasteiger partial charge in [0.2, 0.25) is 5.91 Å². The molecule has 8 nitrogen and oxygen atoms in total. The molecule has 0 unspecified atom stereocenters. The Kier molecular flexibility index (Phi) is 4.12. The van der Waals surface area contributed by atoms with E-state index >= 15 is 0 Å². The molecule has 0 fully saturated rings. The summed E-state index contributed by atoms with van der Waals surface area (Å²) in [5.41, 5.74) is 0.268. The van der Waals surface area contributed by atoms with Crippen LogP contribution < -0.4 is 5.32 Å². The van der Waals surface area contributed by atoms with Crippen molar-refractivity contribution in [2.45, 2.75) is 31.8 Å². The molecule has 0 aliphatic rings. The molecule has 1 atom stereocenters. The van der Waals surface area contributed by atoms with E-state index in [-0.39, 0.29) is 17.3 Å². The first-order chi connectivity index (χ1) is 9.78. The number of hydrogen-bond donors (Lipinski definition) is 1. The van der Waals surface area contributed by atoms with E-state index in [0.29, 0.717) is 11.5 Å². The van der Waals surface area contributed by atoms with Crippen molar-refractivity contribution < 1.29 is 22.3 Å². The maximum Gasteiger partial charge on any atom is 0.243 e. The van der Waals surface area contributed by atoms with Crippen LogP contribution in [-0.2, 0) is 20.4 Å². The number of sulfone groups is 1. The molecule has 0 saturated carbocycles. The zero-order valence-electron chi connectivity index (χ0n) is 11.8. The Hall–Kier alpha value is -2.16. The van der Waals surface area contributed by atoms with Gasteiger partial charge in [0.05, 0.1) is 11.4 Å². The minimum Gasteiger partial charge on any atom is -0.361 e. The molecular formula is C12H15N3O5S. The average molecular weight is 313 g/mol. The monoisotopic (exact) mass is 313 g/mol. The minimum absolute atomic E-state index is 0.178. The zero-order valence-corrected chi connectivity index (χ0v) is 12.6. The van der Waals surface area contributed by atoms with Crippen molar-refractivity contribution in [3.8, 4) is 0 Å². The lowest BCUT2D eigenvalue weighted by molar-refractivity contribution is -0.115. The Morgan fingerprint density at radius 1 is 1.24 bits per heavy atom. The predicted octanol–water partition coefficient (Wildman–Crippen LogP) is 1.22. The van der Waals surface area contributed by atoms with Crippen LogP contribution in [0.5, 0.6) is 0 Å². The van der Waals surface area contributed by atoms with E-state index in [0.717, 1.165) is 0 Å². The molecule has 114 valence electrons. The van der Waals surface area contributed by atoms with Crippen LogP contribution in [0.15, 0.2) is 21.2 Å². The normalized spacial score (nSPS) is 13.1. The van der Waals surface area contributed by atoms with Crippen molar-refractivity contribution in [3.63, 3.8) is 0 Å². The summed E-state index contributed by atoms with van der Waals surface area (Å²) in [4.78, 5) is 11.9. The van der Waals surface area contributed by atoms with E-state index in [9.17, 15) is 13.2 Å². The fourth-order valence-electron chi connectivity index (χ4n) is 1.63. The smallest absolute Gasteiger partial charge is 0.243 e. The molecule has 0 saturated heterocycles. The van der Waals surface area contributed by atoms with Crippen molar-refractivity contribution in [1.82, 2.24) is 10.3 Å². The summed E-state index contributed by atoms with van der Waals surface area (Å²) in [6.45, 7) is 4.63. The second-order valence-electron chi connectivity index (χ2n) is 4.69. The van der Waals surface area contributed by atoms with Crippen LogP contribution in [0.2, 0.25) is 0 Å². The Morgan fingerprint density at radius 2 is 1.86 bits per heavy atom. The third-order valence-electron chi connectivity index (χ3n) is 2.81. The lowest BCUT2D eigenvalue weighted by Crippen LogP contribution is -2.33. The number of carbonyl (C=O) groups is 1. The SMILES string of the molecule is Cc1cc(CS(=O)(=O)[C@H](C)C(=O)Nc2cc(C)on2)no1. The molecule has 2 heterocycles. The van der Waals surface area contributed by atoms with Gasteiger partial charge >= 0.3 is 0 Å². The number of aromatic nitrogens is 2. The van der Waals surface area contributed by atoms with Gasteiger partial charge < -0.3 is 14.4 Å². The van der Waals surface area contributed by atoms with Gasteiger partial charge in [-0.25, -0.2) is 8.42 Å². The summed E-state index contributed by atoms with van der Waals surface area (Å²) >= 11 is 0. The summed E-state index contributed by atoms with van der Waals surface area (Å²) < 4.78 is 33.9. The zero-order chi connectivity index (χ0) is 15.6. The Balaban J connectivity index is 2.06. The molecule has 1 amide bonds. The summed E-state index contributed by atoms with van der Waals surface area (Å²) in [6.07, 6.45) is 0. The van der Waals surface area contributed by atoms with Crippen LogP contribution in [0.25, 0.3) is 0 Å². The summed E-state index contributed by atoms with van der Waals surface area (Å²) in [6, 6.07) is 3.02. The van der Waals surface area contributed by atoms with E-state index < -0.39 is 21.0 Å². The van der Waals surface area contributed by atoms with E-state index in [1.807, 2.05) is 0 Å². The van der Waals surface area contributed by atoms with Gasteiger partial charge in [-0.3, -0.25) is 4.79 Å². The fraction of sp³-hybridized carbons (Fsp3) is 0.417. The van der Waals surface area contributed by atoms with Crippen LogP contribution in [0.3, 0.4) is 0 Å². The van der Waals surface area contributed by atoms with Crippen molar-refractivity contribution in [1.29, 1.82) is 0 Å². The summed E-state index contributed by atoms with van der Waals surface area (Å²) in [5.74, 6) is 0.158. The standard InChI is InChI=1S/C12H15N3O5S/c1-7-4-10(14-19-7)6-21(17,18)9(3)12(16)13-11-5-8(2)20-15-11/h4-5,9H,6H2,1-3H3,(H,13,15,16)/t9-/m1/s1. The second kappa shape index (κ2) is 5.68. The maximum absolute atomic E-state index is 12.2. The van der Waals surface area contributed by atoms with Gasteiger partial charge in [0.1, 0.15) is 16.8 Å². The van der Waals surface area contributed by atoms with Gasteiger partial charge in [0, 0.05) is 12.1 Å². The van der Waals surface area contributed by atoms with E-state index in [1.54, 1.807) is 13.8 Å². The van der Waals surface area contributed by atoms with Crippen molar-refractivity contribution in [2.75, 3.05) is 5.32 Å². The van der Waals surface area contributed by atoms with Crippen LogP contribution in [0.4, 0.5) is 5.82 Å². The van der Waals surface area contributed by atoms with Crippen LogP contribution in [-0.4, -0.2) is 29.9 Å². The van der Waals surface area contributed by atoms with Gasteiger partial charge in [-0.15, -0.1) is 0 Å². The fourth-order valence-corrected chi connectivity index (χ4v) is 2.82. The number of anilines is 1. The van der Waals surface area contributed by atoms with E-state index in [1.165, 1.54) is 19.1 Å². The highest BCUT2D eigenvalue weighted by Crippen LogP contribution is 2.14. The molecule has 0 bridgehead atoms. The number of nitrogens with zero attached hydrogens (tertiary/aromatic N) is 2. The molecule has 0 spiro atoms. The first-order valence-electron chi connectivity index (χ1n) is 6.16.